The average Bonchev–Trinajstić information content (AvgIpc) is 3.23. The van der Waals surface area contributed by atoms with Crippen LogP contribution in [0.4, 0.5) is 0 Å². The van der Waals surface area contributed by atoms with Crippen molar-refractivity contribution < 1.29 is 9.32 Å². The number of hydrogen-bond acceptors (Lipinski definition) is 4. The van der Waals surface area contributed by atoms with Crippen LogP contribution in [0, 0.1) is 5.92 Å². The van der Waals surface area contributed by atoms with Crippen LogP contribution in [0.15, 0.2) is 34.9 Å². The van der Waals surface area contributed by atoms with E-state index in [1.807, 2.05) is 18.2 Å². The maximum absolute atomic E-state index is 11.9. The van der Waals surface area contributed by atoms with Crippen molar-refractivity contribution in [1.82, 2.24) is 15.5 Å². The molecule has 0 radical (unpaired) electrons. The Labute approximate surface area is 130 Å². The molecule has 1 aliphatic rings. The van der Waals surface area contributed by atoms with Gasteiger partial charge in [-0.2, -0.15) is 4.98 Å². The predicted octanol–water partition coefficient (Wildman–Crippen LogP) is 2.66. The van der Waals surface area contributed by atoms with Gasteiger partial charge in [0.05, 0.1) is 6.54 Å². The lowest BCUT2D eigenvalue weighted by atomic mass is 10.1. The number of benzene rings is 1. The number of aromatic nitrogens is 2. The molecule has 1 aromatic carbocycles. The van der Waals surface area contributed by atoms with Crippen molar-refractivity contribution in [3.63, 3.8) is 0 Å². The molecule has 3 rings (SSSR count). The Kier molecular flexibility index (Phi) is 4.83. The summed E-state index contributed by atoms with van der Waals surface area (Å²) in [5.41, 5.74) is 1.25. The van der Waals surface area contributed by atoms with Crippen molar-refractivity contribution in [3.8, 4) is 0 Å². The van der Waals surface area contributed by atoms with Crippen LogP contribution < -0.4 is 5.32 Å². The number of nitrogens with one attached hydrogen (secondary N) is 1. The first-order chi connectivity index (χ1) is 10.8. The highest BCUT2D eigenvalue weighted by Gasteiger charge is 2.22. The number of carbonyl (C=O) groups excluding carboxylic acids is 1. The molecule has 1 aliphatic carbocycles. The zero-order valence-corrected chi connectivity index (χ0v) is 12.6. The van der Waals surface area contributed by atoms with E-state index in [1.165, 1.54) is 5.56 Å². The molecule has 1 N–H and O–H groups in total. The van der Waals surface area contributed by atoms with Gasteiger partial charge in [0.2, 0.25) is 11.8 Å². The van der Waals surface area contributed by atoms with Crippen molar-refractivity contribution in [2.75, 3.05) is 0 Å². The molecule has 2 aromatic rings. The Hall–Kier alpha value is -2.17. The minimum Gasteiger partial charge on any atom is -0.347 e. The topological polar surface area (TPSA) is 68.0 Å². The molecule has 0 saturated heterocycles. The van der Waals surface area contributed by atoms with Crippen LogP contribution >= 0.6 is 0 Å². The van der Waals surface area contributed by atoms with Crippen molar-refractivity contribution in [2.45, 2.75) is 45.1 Å². The number of amides is 1. The first-order valence-corrected chi connectivity index (χ1v) is 7.94. The van der Waals surface area contributed by atoms with Gasteiger partial charge in [-0.15, -0.1) is 0 Å². The van der Waals surface area contributed by atoms with Crippen LogP contribution in [-0.4, -0.2) is 16.0 Å². The van der Waals surface area contributed by atoms with E-state index < -0.39 is 0 Å². The zero-order chi connectivity index (χ0) is 15.2. The molecule has 0 unspecified atom stereocenters. The third kappa shape index (κ3) is 3.93. The summed E-state index contributed by atoms with van der Waals surface area (Å²) in [5, 5.41) is 6.86. The van der Waals surface area contributed by atoms with E-state index in [0.29, 0.717) is 18.3 Å². The molecule has 0 atom stereocenters. The van der Waals surface area contributed by atoms with E-state index in [4.69, 9.17) is 4.52 Å². The van der Waals surface area contributed by atoms with Gasteiger partial charge in [-0.1, -0.05) is 48.3 Å². The largest absolute Gasteiger partial charge is 0.347 e. The number of aryl methyl sites for hydroxylation is 2. The third-order valence-corrected chi connectivity index (χ3v) is 4.13. The Morgan fingerprint density at radius 1 is 1.18 bits per heavy atom. The van der Waals surface area contributed by atoms with E-state index in [-0.39, 0.29) is 11.8 Å². The molecule has 5 heteroatoms. The highest BCUT2D eigenvalue weighted by molar-refractivity contribution is 5.78. The van der Waals surface area contributed by atoms with Crippen LogP contribution in [0.2, 0.25) is 0 Å². The van der Waals surface area contributed by atoms with Crippen LogP contribution in [0.1, 0.15) is 43.0 Å². The molecule has 1 aromatic heterocycles. The van der Waals surface area contributed by atoms with E-state index >= 15 is 0 Å². The SMILES string of the molecule is O=C(NCc1nc(CCc2ccccc2)no1)C1CCCC1. The smallest absolute Gasteiger partial charge is 0.246 e. The van der Waals surface area contributed by atoms with E-state index in [1.54, 1.807) is 0 Å². The second-order valence-corrected chi connectivity index (χ2v) is 5.79. The lowest BCUT2D eigenvalue weighted by Gasteiger charge is -2.07. The van der Waals surface area contributed by atoms with Crippen molar-refractivity contribution in [2.24, 2.45) is 5.92 Å². The lowest BCUT2D eigenvalue weighted by Crippen LogP contribution is -2.28. The number of carbonyl (C=O) groups is 1. The summed E-state index contributed by atoms with van der Waals surface area (Å²) in [5.74, 6) is 1.45. The summed E-state index contributed by atoms with van der Waals surface area (Å²) in [7, 11) is 0. The molecule has 0 spiro atoms. The summed E-state index contributed by atoms with van der Waals surface area (Å²) in [6.07, 6.45) is 5.93. The number of hydrogen-bond donors (Lipinski definition) is 1. The van der Waals surface area contributed by atoms with Gasteiger partial charge in [0.25, 0.3) is 0 Å². The minimum absolute atomic E-state index is 0.113. The molecular weight excluding hydrogens is 278 g/mol. The van der Waals surface area contributed by atoms with Crippen LogP contribution in [-0.2, 0) is 24.2 Å². The maximum Gasteiger partial charge on any atom is 0.246 e. The normalized spacial score (nSPS) is 15.1. The Balaban J connectivity index is 1.45. The van der Waals surface area contributed by atoms with Gasteiger partial charge in [-0.3, -0.25) is 4.79 Å². The fourth-order valence-corrected chi connectivity index (χ4v) is 2.86. The Bertz CT molecular complexity index is 603. The fourth-order valence-electron chi connectivity index (χ4n) is 2.86. The van der Waals surface area contributed by atoms with Crippen LogP contribution in [0.5, 0.6) is 0 Å². The fraction of sp³-hybridized carbons (Fsp3) is 0.471. The highest BCUT2D eigenvalue weighted by Crippen LogP contribution is 2.24. The Morgan fingerprint density at radius 2 is 1.95 bits per heavy atom. The molecule has 5 nitrogen and oxygen atoms in total. The monoisotopic (exact) mass is 299 g/mol. The van der Waals surface area contributed by atoms with Crippen molar-refractivity contribution in [1.29, 1.82) is 0 Å². The molecule has 0 bridgehead atoms. The highest BCUT2D eigenvalue weighted by atomic mass is 16.5. The summed E-state index contributed by atoms with van der Waals surface area (Å²) >= 11 is 0. The van der Waals surface area contributed by atoms with Gasteiger partial charge in [-0.25, -0.2) is 0 Å². The molecule has 1 fully saturated rings. The zero-order valence-electron chi connectivity index (χ0n) is 12.6. The Morgan fingerprint density at radius 3 is 2.73 bits per heavy atom. The summed E-state index contributed by atoms with van der Waals surface area (Å²) in [6.45, 7) is 0.327. The van der Waals surface area contributed by atoms with Crippen LogP contribution in [0.3, 0.4) is 0 Å². The van der Waals surface area contributed by atoms with Gasteiger partial charge in [0.1, 0.15) is 0 Å². The van der Waals surface area contributed by atoms with Crippen molar-refractivity contribution >= 4 is 5.91 Å². The quantitative estimate of drug-likeness (QED) is 0.890. The molecule has 1 amide bonds. The first-order valence-electron chi connectivity index (χ1n) is 7.94. The molecule has 116 valence electrons. The molecular formula is C17H21N3O2. The van der Waals surface area contributed by atoms with Gasteiger partial charge in [0, 0.05) is 12.3 Å². The van der Waals surface area contributed by atoms with Crippen molar-refractivity contribution in [3.05, 3.63) is 47.6 Å². The van der Waals surface area contributed by atoms with E-state index in [2.05, 4.69) is 27.6 Å². The van der Waals surface area contributed by atoms with Crippen LogP contribution in [0.25, 0.3) is 0 Å². The van der Waals surface area contributed by atoms with Gasteiger partial charge >= 0.3 is 0 Å². The molecule has 22 heavy (non-hydrogen) atoms. The second kappa shape index (κ2) is 7.20. The summed E-state index contributed by atoms with van der Waals surface area (Å²) in [4.78, 5) is 16.3. The van der Waals surface area contributed by atoms with E-state index in [9.17, 15) is 4.79 Å². The summed E-state index contributed by atoms with van der Waals surface area (Å²) < 4.78 is 5.19. The lowest BCUT2D eigenvalue weighted by molar-refractivity contribution is -0.125. The summed E-state index contributed by atoms with van der Waals surface area (Å²) in [6, 6.07) is 10.2. The second-order valence-electron chi connectivity index (χ2n) is 5.79. The molecule has 0 aliphatic heterocycles. The predicted molar refractivity (Wildman–Crippen MR) is 82.0 cm³/mol. The first kappa shape index (κ1) is 14.8. The number of rotatable bonds is 6. The van der Waals surface area contributed by atoms with Gasteiger partial charge < -0.3 is 9.84 Å². The third-order valence-electron chi connectivity index (χ3n) is 4.13. The number of nitrogens with zero attached hydrogens (tertiary/aromatic N) is 2. The molecule has 1 saturated carbocycles. The molecule has 1 heterocycles. The van der Waals surface area contributed by atoms with Gasteiger partial charge in [0.15, 0.2) is 5.82 Å². The maximum atomic E-state index is 11.9. The standard InChI is InChI=1S/C17H21N3O2/c21-17(14-8-4-5-9-14)18-12-16-19-15(20-22-16)11-10-13-6-2-1-3-7-13/h1-3,6-7,14H,4-5,8-12H2,(H,18,21). The van der Waals surface area contributed by atoms with Gasteiger partial charge in [-0.05, 0) is 24.8 Å². The average molecular weight is 299 g/mol. The van der Waals surface area contributed by atoms with E-state index in [0.717, 1.165) is 38.5 Å². The minimum atomic E-state index is 0.113.